The van der Waals surface area contributed by atoms with E-state index in [9.17, 15) is 14.4 Å². The molecule has 8 nitrogen and oxygen atoms in total. The Kier molecular flexibility index (Phi) is 4.83. The van der Waals surface area contributed by atoms with Gasteiger partial charge in [-0.2, -0.15) is 5.10 Å². The number of nitrogens with zero attached hydrogens (tertiary/aromatic N) is 3. The average Bonchev–Trinajstić information content (AvgIpc) is 3.17. The van der Waals surface area contributed by atoms with E-state index in [1.807, 2.05) is 13.8 Å². The van der Waals surface area contributed by atoms with Crippen LogP contribution in [0.2, 0.25) is 0 Å². The number of fused-ring (bicyclic) bond motifs is 1. The molecule has 152 valence electrons. The summed E-state index contributed by atoms with van der Waals surface area (Å²) in [6, 6.07) is 13.0. The van der Waals surface area contributed by atoms with Crippen LogP contribution >= 0.6 is 0 Å². The van der Waals surface area contributed by atoms with Gasteiger partial charge in [-0.15, -0.1) is 0 Å². The molecule has 1 aromatic heterocycles. The third-order valence-corrected chi connectivity index (χ3v) is 4.80. The molecular weight excluding hydrogens is 384 g/mol. The van der Waals surface area contributed by atoms with Crippen molar-refractivity contribution in [3.8, 4) is 5.75 Å². The Balaban J connectivity index is 1.60. The molecule has 0 unspecified atom stereocenters. The summed E-state index contributed by atoms with van der Waals surface area (Å²) in [5, 5.41) is 6.95. The Labute approximate surface area is 173 Å². The van der Waals surface area contributed by atoms with E-state index in [0.717, 1.165) is 10.6 Å². The second-order valence-corrected chi connectivity index (χ2v) is 6.88. The normalized spacial score (nSPS) is 12.8. The van der Waals surface area contributed by atoms with Crippen molar-refractivity contribution >= 4 is 29.2 Å². The van der Waals surface area contributed by atoms with E-state index in [2.05, 4.69) is 10.4 Å². The summed E-state index contributed by atoms with van der Waals surface area (Å²) >= 11 is 0. The van der Waals surface area contributed by atoms with Crippen LogP contribution in [0.15, 0.2) is 48.5 Å². The fourth-order valence-corrected chi connectivity index (χ4v) is 3.39. The van der Waals surface area contributed by atoms with Crippen molar-refractivity contribution in [2.24, 2.45) is 7.05 Å². The highest BCUT2D eigenvalue weighted by molar-refractivity contribution is 6.34. The van der Waals surface area contributed by atoms with E-state index in [1.165, 1.54) is 18.2 Å². The van der Waals surface area contributed by atoms with Gasteiger partial charge in [0.05, 0.1) is 29.1 Å². The molecule has 8 heteroatoms. The first-order chi connectivity index (χ1) is 14.4. The molecule has 3 amide bonds. The molecule has 1 aliphatic heterocycles. The maximum atomic E-state index is 12.9. The zero-order valence-electron chi connectivity index (χ0n) is 16.8. The molecule has 30 heavy (non-hydrogen) atoms. The standard InChI is InChI=1S/C22H20N4O4/c1-4-30-16-8-6-15(7-9-16)26-21(28)17-10-5-14(12-18(17)22(26)29)20(27)23-19-11-13(2)24-25(19)3/h5-12H,4H2,1-3H3,(H,23,27). The zero-order valence-corrected chi connectivity index (χ0v) is 16.8. The topological polar surface area (TPSA) is 93.5 Å². The highest BCUT2D eigenvalue weighted by Crippen LogP contribution is 2.30. The Hall–Kier alpha value is -3.94. The van der Waals surface area contributed by atoms with Gasteiger partial charge in [-0.3, -0.25) is 19.1 Å². The molecule has 4 rings (SSSR count). The minimum Gasteiger partial charge on any atom is -0.494 e. The summed E-state index contributed by atoms with van der Waals surface area (Å²) in [6.45, 7) is 4.22. The molecule has 2 aromatic carbocycles. The van der Waals surface area contributed by atoms with Crippen molar-refractivity contribution in [2.75, 3.05) is 16.8 Å². The Morgan fingerprint density at radius 3 is 2.37 bits per heavy atom. The van der Waals surface area contributed by atoms with Gasteiger partial charge >= 0.3 is 0 Å². The third-order valence-electron chi connectivity index (χ3n) is 4.80. The van der Waals surface area contributed by atoms with Crippen LogP contribution in [0.3, 0.4) is 0 Å². The fourth-order valence-electron chi connectivity index (χ4n) is 3.39. The van der Waals surface area contributed by atoms with Crippen LogP contribution in [0.4, 0.5) is 11.5 Å². The summed E-state index contributed by atoms with van der Waals surface area (Å²) in [5.41, 5.74) is 1.96. The third kappa shape index (κ3) is 3.32. The van der Waals surface area contributed by atoms with Gasteiger partial charge in [-0.25, -0.2) is 4.90 Å². The molecule has 1 N–H and O–H groups in total. The van der Waals surface area contributed by atoms with Crippen LogP contribution < -0.4 is 15.0 Å². The van der Waals surface area contributed by atoms with E-state index in [0.29, 0.717) is 23.9 Å². The predicted molar refractivity (Wildman–Crippen MR) is 111 cm³/mol. The number of hydrogen-bond acceptors (Lipinski definition) is 5. The molecular formula is C22H20N4O4. The molecule has 1 aliphatic rings. The summed E-state index contributed by atoms with van der Waals surface area (Å²) in [5.74, 6) is -0.0854. The number of ether oxygens (including phenoxy) is 1. The molecule has 0 saturated heterocycles. The van der Waals surface area contributed by atoms with Gasteiger partial charge in [-0.05, 0) is 56.3 Å². The lowest BCUT2D eigenvalue weighted by atomic mass is 10.1. The summed E-state index contributed by atoms with van der Waals surface area (Å²) in [6.07, 6.45) is 0. The maximum Gasteiger partial charge on any atom is 0.266 e. The van der Waals surface area contributed by atoms with Gasteiger partial charge in [0.15, 0.2) is 0 Å². The van der Waals surface area contributed by atoms with Crippen LogP contribution in [-0.4, -0.2) is 34.1 Å². The van der Waals surface area contributed by atoms with Gasteiger partial charge < -0.3 is 10.1 Å². The fraction of sp³-hybridized carbons (Fsp3) is 0.182. The van der Waals surface area contributed by atoms with Gasteiger partial charge in [0.2, 0.25) is 0 Å². The monoisotopic (exact) mass is 404 g/mol. The smallest absolute Gasteiger partial charge is 0.266 e. The summed E-state index contributed by atoms with van der Waals surface area (Å²) < 4.78 is 6.96. The highest BCUT2D eigenvalue weighted by Gasteiger charge is 2.37. The quantitative estimate of drug-likeness (QED) is 0.659. The van der Waals surface area contributed by atoms with Crippen molar-refractivity contribution < 1.29 is 19.1 Å². The number of benzene rings is 2. The first kappa shape index (κ1) is 19.4. The highest BCUT2D eigenvalue weighted by atomic mass is 16.5. The number of anilines is 2. The van der Waals surface area contributed by atoms with E-state index < -0.39 is 11.8 Å². The summed E-state index contributed by atoms with van der Waals surface area (Å²) in [7, 11) is 1.72. The second kappa shape index (κ2) is 7.47. The van der Waals surface area contributed by atoms with Crippen LogP contribution in [0.25, 0.3) is 0 Å². The Morgan fingerprint density at radius 2 is 1.73 bits per heavy atom. The number of aromatic nitrogens is 2. The average molecular weight is 404 g/mol. The second-order valence-electron chi connectivity index (χ2n) is 6.88. The van der Waals surface area contributed by atoms with Gasteiger partial charge in [0.25, 0.3) is 17.7 Å². The number of amides is 3. The molecule has 0 atom stereocenters. The number of aryl methyl sites for hydroxylation is 2. The summed E-state index contributed by atoms with van der Waals surface area (Å²) in [4.78, 5) is 39.5. The van der Waals surface area contributed by atoms with Crippen molar-refractivity contribution in [3.05, 3.63) is 70.9 Å². The van der Waals surface area contributed by atoms with E-state index in [4.69, 9.17) is 4.74 Å². The first-order valence-electron chi connectivity index (χ1n) is 9.46. The predicted octanol–water partition coefficient (Wildman–Crippen LogP) is 3.18. The Bertz CT molecular complexity index is 1160. The lowest BCUT2D eigenvalue weighted by molar-refractivity contribution is 0.0925. The molecule has 0 bridgehead atoms. The van der Waals surface area contributed by atoms with Gasteiger partial charge in [0.1, 0.15) is 11.6 Å². The molecule has 0 fully saturated rings. The van der Waals surface area contributed by atoms with E-state index in [1.54, 1.807) is 42.1 Å². The largest absolute Gasteiger partial charge is 0.494 e. The zero-order chi connectivity index (χ0) is 21.4. The minimum absolute atomic E-state index is 0.197. The van der Waals surface area contributed by atoms with Crippen LogP contribution in [-0.2, 0) is 7.05 Å². The Morgan fingerprint density at radius 1 is 1.03 bits per heavy atom. The molecule has 0 aliphatic carbocycles. The van der Waals surface area contributed by atoms with Crippen molar-refractivity contribution in [1.29, 1.82) is 0 Å². The van der Waals surface area contributed by atoms with E-state index in [-0.39, 0.29) is 22.6 Å². The number of rotatable bonds is 5. The molecule has 0 saturated carbocycles. The van der Waals surface area contributed by atoms with Gasteiger partial charge in [0, 0.05) is 18.7 Å². The molecule has 3 aromatic rings. The van der Waals surface area contributed by atoms with Crippen molar-refractivity contribution in [2.45, 2.75) is 13.8 Å². The molecule has 0 radical (unpaired) electrons. The minimum atomic E-state index is -0.467. The molecule has 2 heterocycles. The van der Waals surface area contributed by atoms with Crippen LogP contribution in [0.1, 0.15) is 43.7 Å². The van der Waals surface area contributed by atoms with Crippen molar-refractivity contribution in [3.63, 3.8) is 0 Å². The number of carbonyl (C=O) groups excluding carboxylic acids is 3. The lowest BCUT2D eigenvalue weighted by Crippen LogP contribution is -2.29. The SMILES string of the molecule is CCOc1ccc(N2C(=O)c3ccc(C(=O)Nc4cc(C)nn4C)cc3C2=O)cc1. The van der Waals surface area contributed by atoms with Crippen LogP contribution in [0, 0.1) is 6.92 Å². The lowest BCUT2D eigenvalue weighted by Gasteiger charge is -2.14. The maximum absolute atomic E-state index is 12.9. The number of hydrogen-bond donors (Lipinski definition) is 1. The number of nitrogens with one attached hydrogen (secondary N) is 1. The van der Waals surface area contributed by atoms with E-state index >= 15 is 0 Å². The number of imide groups is 1. The van der Waals surface area contributed by atoms with Crippen molar-refractivity contribution in [1.82, 2.24) is 9.78 Å². The van der Waals surface area contributed by atoms with Gasteiger partial charge in [-0.1, -0.05) is 0 Å². The molecule has 0 spiro atoms. The van der Waals surface area contributed by atoms with Crippen LogP contribution in [0.5, 0.6) is 5.75 Å². The number of carbonyl (C=O) groups is 3. The first-order valence-corrected chi connectivity index (χ1v) is 9.46.